The highest BCUT2D eigenvalue weighted by atomic mass is 31.1. The quantitative estimate of drug-likeness (QED) is 0.191. The van der Waals surface area contributed by atoms with Gasteiger partial charge in [0.05, 0.1) is 13.2 Å². The maximum Gasteiger partial charge on any atom is 0.453 e. The van der Waals surface area contributed by atoms with Gasteiger partial charge in [-0.2, -0.15) is 0 Å². The molecule has 0 aliphatic rings. The third-order valence-corrected chi connectivity index (χ3v) is 9.25. The Kier molecular flexibility index (Phi) is 8.60. The number of para-hydroxylation sites is 1. The molecule has 0 unspecified atom stereocenters. The van der Waals surface area contributed by atoms with E-state index in [9.17, 15) is 10.2 Å². The van der Waals surface area contributed by atoms with Crippen LogP contribution in [-0.2, 0) is 24.0 Å². The normalized spacial score (nSPS) is 12.1. The zero-order chi connectivity index (χ0) is 32.6. The molecule has 6 heteroatoms. The van der Waals surface area contributed by atoms with Crippen LogP contribution in [0.15, 0.2) is 112 Å². The SMILES string of the molecule is CC(C)(C)c1cc(CO)cc2c1op(Oc1c(-c3ccccc3)cccc1-c1ccccc1)oc1c(C(C)(C)C)cc(CO)cc12. The van der Waals surface area contributed by atoms with Gasteiger partial charge < -0.3 is 23.1 Å². The van der Waals surface area contributed by atoms with E-state index in [1.807, 2.05) is 66.7 Å². The van der Waals surface area contributed by atoms with Crippen LogP contribution in [0.2, 0.25) is 0 Å². The van der Waals surface area contributed by atoms with E-state index < -0.39 is 8.24 Å². The van der Waals surface area contributed by atoms with E-state index in [-0.39, 0.29) is 24.0 Å². The first kappa shape index (κ1) is 31.7. The first-order chi connectivity index (χ1) is 22.0. The molecular formula is C40H41O5P. The molecule has 2 N–H and O–H groups in total. The summed E-state index contributed by atoms with van der Waals surface area (Å²) in [6.07, 6.45) is 0. The smallest absolute Gasteiger partial charge is 0.392 e. The summed E-state index contributed by atoms with van der Waals surface area (Å²) in [5, 5.41) is 22.3. The lowest BCUT2D eigenvalue weighted by atomic mass is 9.83. The molecule has 6 aromatic rings. The number of benzene rings is 5. The Hall–Kier alpha value is -4.28. The first-order valence-corrected chi connectivity index (χ1v) is 16.7. The Morgan fingerprint density at radius 2 is 0.978 bits per heavy atom. The summed E-state index contributed by atoms with van der Waals surface area (Å²) in [4.78, 5) is 0. The van der Waals surface area contributed by atoms with E-state index in [2.05, 4.69) is 77.9 Å². The molecule has 0 radical (unpaired) electrons. The van der Waals surface area contributed by atoms with Gasteiger partial charge in [-0.15, -0.1) is 0 Å². The molecule has 1 heterocycles. The molecule has 0 spiro atoms. The highest BCUT2D eigenvalue weighted by Crippen LogP contribution is 2.48. The van der Waals surface area contributed by atoms with Crippen molar-refractivity contribution in [3.8, 4) is 28.0 Å². The fourth-order valence-corrected chi connectivity index (χ4v) is 7.02. The van der Waals surface area contributed by atoms with Gasteiger partial charge in [-0.1, -0.05) is 120 Å². The standard InChI is InChI=1S/C40H41O5P/c1-39(2,3)34-22-26(24-41)20-32-33-21-27(25-42)23-35(40(4,5)6)38(33)45-46(44-37(32)34)43-36-30(28-14-9-7-10-15-28)18-13-19-31(36)29-16-11-8-12-17-29/h7-23,41-42H,24-25H2,1-6H3. The molecule has 0 amide bonds. The van der Waals surface area contributed by atoms with Gasteiger partial charge >= 0.3 is 8.24 Å². The monoisotopic (exact) mass is 632 g/mol. The van der Waals surface area contributed by atoms with E-state index in [0.717, 1.165) is 55.3 Å². The Labute approximate surface area is 271 Å². The first-order valence-electron chi connectivity index (χ1n) is 15.6. The molecule has 236 valence electrons. The van der Waals surface area contributed by atoms with Crippen LogP contribution < -0.4 is 4.52 Å². The maximum atomic E-state index is 10.3. The predicted octanol–water partition coefficient (Wildman–Crippen LogP) is 11.0. The van der Waals surface area contributed by atoms with E-state index in [1.54, 1.807) is 0 Å². The number of aliphatic hydroxyl groups is 2. The summed E-state index contributed by atoms with van der Waals surface area (Å²) in [5.74, 6) is 0.671. The van der Waals surface area contributed by atoms with Crippen molar-refractivity contribution in [1.82, 2.24) is 0 Å². The minimum Gasteiger partial charge on any atom is -0.392 e. The van der Waals surface area contributed by atoms with Crippen LogP contribution in [0.5, 0.6) is 5.75 Å². The van der Waals surface area contributed by atoms with Crippen molar-refractivity contribution in [3.63, 3.8) is 0 Å². The van der Waals surface area contributed by atoms with Crippen LogP contribution in [0.4, 0.5) is 0 Å². The number of hydrogen-bond acceptors (Lipinski definition) is 5. The molecule has 46 heavy (non-hydrogen) atoms. The molecule has 0 aliphatic heterocycles. The zero-order valence-electron chi connectivity index (χ0n) is 27.3. The largest absolute Gasteiger partial charge is 0.453 e. The fourth-order valence-electron chi connectivity index (χ4n) is 5.88. The number of rotatable bonds is 6. The highest BCUT2D eigenvalue weighted by Gasteiger charge is 2.26. The van der Waals surface area contributed by atoms with Crippen molar-refractivity contribution >= 4 is 30.2 Å². The van der Waals surface area contributed by atoms with Crippen LogP contribution in [0.3, 0.4) is 0 Å². The molecule has 0 aliphatic carbocycles. The van der Waals surface area contributed by atoms with Crippen LogP contribution in [0, 0.1) is 0 Å². The van der Waals surface area contributed by atoms with Gasteiger partial charge in [-0.3, -0.25) is 0 Å². The third-order valence-electron chi connectivity index (χ3n) is 8.25. The summed E-state index contributed by atoms with van der Waals surface area (Å²) < 4.78 is 20.8. The lowest BCUT2D eigenvalue weighted by molar-refractivity contribution is 0.281. The Morgan fingerprint density at radius 3 is 1.35 bits per heavy atom. The zero-order valence-corrected chi connectivity index (χ0v) is 28.2. The second kappa shape index (κ2) is 12.5. The predicted molar refractivity (Wildman–Crippen MR) is 189 cm³/mol. The van der Waals surface area contributed by atoms with Crippen LogP contribution in [0.25, 0.3) is 44.2 Å². The Bertz CT molecular complexity index is 1910. The second-order valence-corrected chi connectivity index (χ2v) is 14.8. The molecule has 0 saturated heterocycles. The molecule has 1 aromatic heterocycles. The summed E-state index contributed by atoms with van der Waals surface area (Å²) >= 11 is 0. The third kappa shape index (κ3) is 6.24. The van der Waals surface area contributed by atoms with Gasteiger partial charge in [0.2, 0.25) is 0 Å². The summed E-state index contributed by atoms with van der Waals surface area (Å²) in [5.41, 5.74) is 8.00. The molecule has 5 aromatic carbocycles. The molecule has 5 nitrogen and oxygen atoms in total. The van der Waals surface area contributed by atoms with Crippen molar-refractivity contribution in [2.24, 2.45) is 0 Å². The Morgan fingerprint density at radius 1 is 0.565 bits per heavy atom. The highest BCUT2D eigenvalue weighted by molar-refractivity contribution is 7.32. The van der Waals surface area contributed by atoms with Gasteiger partial charge in [-0.05, 0) is 57.3 Å². The van der Waals surface area contributed by atoms with Gasteiger partial charge in [0.1, 0.15) is 11.2 Å². The van der Waals surface area contributed by atoms with Crippen molar-refractivity contribution in [3.05, 3.63) is 125 Å². The summed E-state index contributed by atoms with van der Waals surface area (Å²) in [7, 11) is -2.04. The lowest BCUT2D eigenvalue weighted by Gasteiger charge is -2.22. The average molecular weight is 633 g/mol. The number of aliphatic hydroxyl groups excluding tert-OH is 2. The number of hydrogen-bond donors (Lipinski definition) is 2. The van der Waals surface area contributed by atoms with E-state index in [0.29, 0.717) is 16.9 Å². The molecule has 0 saturated carbocycles. The topological polar surface area (TPSA) is 76.0 Å². The van der Waals surface area contributed by atoms with Crippen LogP contribution in [-0.4, -0.2) is 10.2 Å². The minimum atomic E-state index is -2.04. The second-order valence-electron chi connectivity index (χ2n) is 13.8. The van der Waals surface area contributed by atoms with Crippen molar-refractivity contribution in [2.75, 3.05) is 0 Å². The van der Waals surface area contributed by atoms with Crippen molar-refractivity contribution in [1.29, 1.82) is 0 Å². The lowest BCUT2D eigenvalue weighted by Crippen LogP contribution is -2.13. The maximum absolute atomic E-state index is 10.3. The van der Waals surface area contributed by atoms with Gasteiger partial charge in [0.15, 0.2) is 5.75 Å². The van der Waals surface area contributed by atoms with Crippen molar-refractivity contribution < 1.29 is 23.1 Å². The Balaban J connectivity index is 1.76. The van der Waals surface area contributed by atoms with Gasteiger partial charge in [0.25, 0.3) is 0 Å². The molecular weight excluding hydrogens is 591 g/mol. The van der Waals surface area contributed by atoms with Gasteiger partial charge in [-0.25, -0.2) is 0 Å². The molecule has 0 fully saturated rings. The fraction of sp³-hybridized carbons (Fsp3) is 0.250. The summed E-state index contributed by atoms with van der Waals surface area (Å²) in [6.45, 7) is 12.6. The molecule has 0 atom stereocenters. The minimum absolute atomic E-state index is 0.117. The number of fused-ring (bicyclic) bond motifs is 3. The average Bonchev–Trinajstić information content (AvgIpc) is 3.19. The van der Waals surface area contributed by atoms with Crippen LogP contribution in [0.1, 0.15) is 63.8 Å². The van der Waals surface area contributed by atoms with Crippen LogP contribution >= 0.6 is 8.24 Å². The van der Waals surface area contributed by atoms with Crippen molar-refractivity contribution in [2.45, 2.75) is 65.6 Å². The van der Waals surface area contributed by atoms with E-state index in [4.69, 9.17) is 12.9 Å². The molecule has 6 rings (SSSR count). The van der Waals surface area contributed by atoms with Gasteiger partial charge in [0, 0.05) is 33.0 Å². The van der Waals surface area contributed by atoms with E-state index >= 15 is 0 Å². The molecule has 0 bridgehead atoms. The summed E-state index contributed by atoms with van der Waals surface area (Å²) in [6, 6.07) is 34.5. The van der Waals surface area contributed by atoms with E-state index in [1.165, 1.54) is 0 Å².